The fraction of sp³-hybridized carbons (Fsp3) is 0.250. The van der Waals surface area contributed by atoms with Crippen LogP contribution in [0.4, 0.5) is 8.78 Å². The highest BCUT2D eigenvalue weighted by Crippen LogP contribution is 2.24. The maximum Gasteiger partial charge on any atom is 0.163 e. The molecular formula is C16H15F2NO. The summed E-state index contributed by atoms with van der Waals surface area (Å²) < 4.78 is 32.3. The van der Waals surface area contributed by atoms with E-state index in [2.05, 4.69) is 5.32 Å². The van der Waals surface area contributed by atoms with Gasteiger partial charge in [-0.2, -0.15) is 0 Å². The Labute approximate surface area is 116 Å². The van der Waals surface area contributed by atoms with E-state index in [4.69, 9.17) is 4.74 Å². The maximum absolute atomic E-state index is 13.5. The normalized spacial score (nSPS) is 17.4. The first kappa shape index (κ1) is 13.1. The average molecular weight is 275 g/mol. The molecule has 2 aromatic carbocycles. The fourth-order valence-corrected chi connectivity index (χ4v) is 2.40. The molecule has 3 rings (SSSR count). The molecule has 1 N–H and O–H groups in total. The second-order valence-corrected chi connectivity index (χ2v) is 4.91. The SMILES string of the molecule is Fc1cccc(CNC2COc3ccccc3C2)c1F. The van der Waals surface area contributed by atoms with Crippen LogP contribution in [0.25, 0.3) is 0 Å². The molecule has 0 fully saturated rings. The number of fused-ring (bicyclic) bond motifs is 1. The van der Waals surface area contributed by atoms with Crippen molar-refractivity contribution in [1.29, 1.82) is 0 Å². The lowest BCUT2D eigenvalue weighted by atomic mass is 10.0. The lowest BCUT2D eigenvalue weighted by molar-refractivity contribution is 0.237. The van der Waals surface area contributed by atoms with Gasteiger partial charge in [0.25, 0.3) is 0 Å². The molecule has 0 radical (unpaired) electrons. The highest BCUT2D eigenvalue weighted by Gasteiger charge is 2.19. The van der Waals surface area contributed by atoms with Crippen molar-refractivity contribution in [3.05, 3.63) is 65.2 Å². The Bertz CT molecular complexity index is 615. The smallest absolute Gasteiger partial charge is 0.163 e. The second-order valence-electron chi connectivity index (χ2n) is 4.91. The molecule has 0 amide bonds. The Morgan fingerprint density at radius 2 is 1.95 bits per heavy atom. The molecule has 0 spiro atoms. The number of hydrogen-bond donors (Lipinski definition) is 1. The van der Waals surface area contributed by atoms with Crippen LogP contribution in [-0.2, 0) is 13.0 Å². The van der Waals surface area contributed by atoms with Crippen LogP contribution in [-0.4, -0.2) is 12.6 Å². The predicted octanol–water partition coefficient (Wildman–Crippen LogP) is 3.06. The van der Waals surface area contributed by atoms with Crippen molar-refractivity contribution in [2.24, 2.45) is 0 Å². The van der Waals surface area contributed by atoms with Crippen LogP contribution in [0.15, 0.2) is 42.5 Å². The Balaban J connectivity index is 1.64. The first-order chi connectivity index (χ1) is 9.74. The molecule has 0 aliphatic carbocycles. The van der Waals surface area contributed by atoms with Gasteiger partial charge in [-0.1, -0.05) is 30.3 Å². The first-order valence-electron chi connectivity index (χ1n) is 6.61. The van der Waals surface area contributed by atoms with E-state index in [0.29, 0.717) is 18.7 Å². The van der Waals surface area contributed by atoms with Gasteiger partial charge in [-0.15, -0.1) is 0 Å². The molecule has 1 aliphatic rings. The van der Waals surface area contributed by atoms with Crippen molar-refractivity contribution in [3.63, 3.8) is 0 Å². The summed E-state index contributed by atoms with van der Waals surface area (Å²) in [7, 11) is 0. The molecule has 2 aromatic rings. The fourth-order valence-electron chi connectivity index (χ4n) is 2.40. The monoisotopic (exact) mass is 275 g/mol. The van der Waals surface area contributed by atoms with Gasteiger partial charge in [-0.05, 0) is 24.1 Å². The van der Waals surface area contributed by atoms with Crippen LogP contribution in [0, 0.1) is 11.6 Å². The van der Waals surface area contributed by atoms with E-state index in [1.54, 1.807) is 6.07 Å². The summed E-state index contributed by atoms with van der Waals surface area (Å²) in [5.74, 6) is -0.686. The van der Waals surface area contributed by atoms with Gasteiger partial charge in [0.1, 0.15) is 12.4 Å². The van der Waals surface area contributed by atoms with E-state index in [1.165, 1.54) is 6.07 Å². The summed E-state index contributed by atoms with van der Waals surface area (Å²) >= 11 is 0. The van der Waals surface area contributed by atoms with E-state index in [-0.39, 0.29) is 6.04 Å². The van der Waals surface area contributed by atoms with Crippen molar-refractivity contribution in [2.75, 3.05) is 6.61 Å². The van der Waals surface area contributed by atoms with Crippen molar-refractivity contribution in [2.45, 2.75) is 19.0 Å². The van der Waals surface area contributed by atoms with Crippen molar-refractivity contribution >= 4 is 0 Å². The van der Waals surface area contributed by atoms with E-state index in [0.717, 1.165) is 23.8 Å². The molecule has 2 nitrogen and oxygen atoms in total. The van der Waals surface area contributed by atoms with E-state index >= 15 is 0 Å². The highest BCUT2D eigenvalue weighted by atomic mass is 19.2. The number of rotatable bonds is 3. The Morgan fingerprint density at radius 1 is 1.10 bits per heavy atom. The lowest BCUT2D eigenvalue weighted by Crippen LogP contribution is -2.39. The van der Waals surface area contributed by atoms with Crippen LogP contribution in [0.1, 0.15) is 11.1 Å². The van der Waals surface area contributed by atoms with Crippen molar-refractivity contribution in [1.82, 2.24) is 5.32 Å². The second kappa shape index (κ2) is 5.59. The summed E-state index contributed by atoms with van der Waals surface area (Å²) in [6.07, 6.45) is 0.826. The van der Waals surface area contributed by atoms with Crippen LogP contribution in [0.2, 0.25) is 0 Å². The third-order valence-electron chi connectivity index (χ3n) is 3.49. The van der Waals surface area contributed by atoms with Crippen LogP contribution >= 0.6 is 0 Å². The Morgan fingerprint density at radius 3 is 2.85 bits per heavy atom. The molecule has 20 heavy (non-hydrogen) atoms. The van der Waals surface area contributed by atoms with Gasteiger partial charge in [0.05, 0.1) is 0 Å². The molecule has 0 saturated carbocycles. The topological polar surface area (TPSA) is 21.3 Å². The van der Waals surface area contributed by atoms with Gasteiger partial charge in [-0.3, -0.25) is 0 Å². The van der Waals surface area contributed by atoms with Crippen LogP contribution < -0.4 is 10.1 Å². The number of hydrogen-bond acceptors (Lipinski definition) is 2. The van der Waals surface area contributed by atoms with Crippen LogP contribution in [0.5, 0.6) is 5.75 Å². The maximum atomic E-state index is 13.5. The van der Waals surface area contributed by atoms with Gasteiger partial charge in [0, 0.05) is 18.2 Å². The zero-order valence-electron chi connectivity index (χ0n) is 10.9. The molecule has 4 heteroatoms. The summed E-state index contributed by atoms with van der Waals surface area (Å²) in [5.41, 5.74) is 1.47. The van der Waals surface area contributed by atoms with E-state index in [1.807, 2.05) is 24.3 Å². The third kappa shape index (κ3) is 2.65. The lowest BCUT2D eigenvalue weighted by Gasteiger charge is -2.26. The number of benzene rings is 2. The average Bonchev–Trinajstić information content (AvgIpc) is 2.48. The molecule has 1 atom stereocenters. The number of halogens is 2. The van der Waals surface area contributed by atoms with Gasteiger partial charge in [-0.25, -0.2) is 8.78 Å². The molecule has 0 aromatic heterocycles. The number of ether oxygens (including phenoxy) is 1. The largest absolute Gasteiger partial charge is 0.492 e. The molecule has 104 valence electrons. The van der Waals surface area contributed by atoms with Crippen molar-refractivity contribution in [3.8, 4) is 5.75 Å². The van der Waals surface area contributed by atoms with Crippen molar-refractivity contribution < 1.29 is 13.5 Å². The van der Waals surface area contributed by atoms with Gasteiger partial charge < -0.3 is 10.1 Å². The summed E-state index contributed by atoms with van der Waals surface area (Å²) in [6.45, 7) is 0.827. The number of nitrogens with one attached hydrogen (secondary N) is 1. The standard InChI is InChI=1S/C16H15F2NO/c17-14-6-3-5-12(16(14)18)9-19-13-8-11-4-1-2-7-15(11)20-10-13/h1-7,13,19H,8-10H2. The highest BCUT2D eigenvalue weighted by molar-refractivity contribution is 5.35. The van der Waals surface area contributed by atoms with Gasteiger partial charge in [0.15, 0.2) is 11.6 Å². The third-order valence-corrected chi connectivity index (χ3v) is 3.49. The van der Waals surface area contributed by atoms with Gasteiger partial charge in [0.2, 0.25) is 0 Å². The minimum atomic E-state index is -0.811. The Hall–Kier alpha value is -1.94. The molecular weight excluding hydrogens is 260 g/mol. The van der Waals surface area contributed by atoms with Gasteiger partial charge >= 0.3 is 0 Å². The molecule has 1 aliphatic heterocycles. The predicted molar refractivity (Wildman–Crippen MR) is 72.6 cm³/mol. The van der Waals surface area contributed by atoms with E-state index in [9.17, 15) is 8.78 Å². The zero-order chi connectivity index (χ0) is 13.9. The zero-order valence-corrected chi connectivity index (χ0v) is 10.9. The molecule has 0 bridgehead atoms. The number of para-hydroxylation sites is 1. The summed E-state index contributed by atoms with van der Waals surface area (Å²) in [6, 6.07) is 12.2. The summed E-state index contributed by atoms with van der Waals surface area (Å²) in [4.78, 5) is 0. The molecule has 1 heterocycles. The minimum Gasteiger partial charge on any atom is -0.492 e. The molecule has 0 saturated heterocycles. The quantitative estimate of drug-likeness (QED) is 0.929. The summed E-state index contributed by atoms with van der Waals surface area (Å²) in [5, 5.41) is 3.22. The minimum absolute atomic E-state index is 0.104. The first-order valence-corrected chi connectivity index (χ1v) is 6.61. The Kier molecular flexibility index (Phi) is 3.65. The van der Waals surface area contributed by atoms with E-state index < -0.39 is 11.6 Å². The molecule has 1 unspecified atom stereocenters. The van der Waals surface area contributed by atoms with Crippen LogP contribution in [0.3, 0.4) is 0 Å².